The van der Waals surface area contributed by atoms with Crippen molar-refractivity contribution in [1.82, 2.24) is 4.57 Å². The van der Waals surface area contributed by atoms with E-state index in [2.05, 4.69) is 243 Å². The van der Waals surface area contributed by atoms with Gasteiger partial charge in [0.25, 0.3) is 0 Å². The summed E-state index contributed by atoms with van der Waals surface area (Å²) in [7, 11) is -2.90. The third kappa shape index (κ3) is 7.41. The number of hydrogen-bond acceptors (Lipinski definition) is 2. The SMILES string of the molecule is Cc1ccc(N(c2ccc([Si](C)(C)C)cc2)c2ccc3cc4c5ccc(N(c6ccc(C)cc6)c6ccc([Si](C)(C)C)cc6)cc5n(-c5ccccc5)c4cc3c2)cc1. The Labute approximate surface area is 351 Å². The van der Waals surface area contributed by atoms with E-state index in [0.29, 0.717) is 0 Å². The summed E-state index contributed by atoms with van der Waals surface area (Å²) in [4.78, 5) is 4.80. The van der Waals surface area contributed by atoms with E-state index in [1.165, 1.54) is 54.1 Å². The van der Waals surface area contributed by atoms with Crippen LogP contribution in [0.5, 0.6) is 0 Å². The highest BCUT2D eigenvalue weighted by Gasteiger charge is 2.22. The second-order valence-corrected chi connectivity index (χ2v) is 28.4. The minimum absolute atomic E-state index is 1.13. The lowest BCUT2D eigenvalue weighted by Gasteiger charge is -2.27. The fourth-order valence-corrected chi connectivity index (χ4v) is 10.7. The number of rotatable bonds is 9. The van der Waals surface area contributed by atoms with Gasteiger partial charge in [0.05, 0.1) is 27.2 Å². The molecule has 0 N–H and O–H groups in total. The van der Waals surface area contributed by atoms with Crippen molar-refractivity contribution in [2.75, 3.05) is 9.80 Å². The summed E-state index contributed by atoms with van der Waals surface area (Å²) in [6.07, 6.45) is 0. The molecule has 0 bridgehead atoms. The maximum atomic E-state index is 2.45. The van der Waals surface area contributed by atoms with Crippen LogP contribution in [-0.2, 0) is 0 Å². The smallest absolute Gasteiger partial charge is 0.0775 e. The van der Waals surface area contributed by atoms with Gasteiger partial charge in [0.15, 0.2) is 0 Å². The molecular formula is C54H53N3Si2. The molecule has 59 heavy (non-hydrogen) atoms. The monoisotopic (exact) mass is 799 g/mol. The van der Waals surface area contributed by atoms with Gasteiger partial charge in [0.2, 0.25) is 0 Å². The van der Waals surface area contributed by atoms with Gasteiger partial charge in [-0.2, -0.15) is 0 Å². The predicted molar refractivity (Wildman–Crippen MR) is 263 cm³/mol. The van der Waals surface area contributed by atoms with Crippen LogP contribution in [0.25, 0.3) is 38.3 Å². The molecule has 0 aliphatic rings. The summed E-state index contributed by atoms with van der Waals surface area (Å²) in [5.41, 5.74) is 12.9. The zero-order valence-corrected chi connectivity index (χ0v) is 37.6. The Kier molecular flexibility index (Phi) is 9.69. The first-order chi connectivity index (χ1) is 28.3. The number of fused-ring (bicyclic) bond motifs is 4. The van der Waals surface area contributed by atoms with Crippen molar-refractivity contribution < 1.29 is 0 Å². The highest BCUT2D eigenvalue weighted by molar-refractivity contribution is 6.89. The summed E-state index contributed by atoms with van der Waals surface area (Å²) in [6, 6.07) is 65.9. The zero-order chi connectivity index (χ0) is 41.1. The van der Waals surface area contributed by atoms with E-state index in [1.807, 2.05) is 0 Å². The molecule has 5 heteroatoms. The lowest BCUT2D eigenvalue weighted by Crippen LogP contribution is -2.37. The molecule has 0 aliphatic heterocycles. The van der Waals surface area contributed by atoms with Gasteiger partial charge >= 0.3 is 0 Å². The van der Waals surface area contributed by atoms with Crippen molar-refractivity contribution in [3.8, 4) is 5.69 Å². The lowest BCUT2D eigenvalue weighted by molar-refractivity contribution is 1.18. The quantitative estimate of drug-likeness (QED) is 0.135. The van der Waals surface area contributed by atoms with Gasteiger partial charge in [0.1, 0.15) is 0 Å². The number of benzene rings is 8. The number of para-hydroxylation sites is 1. The van der Waals surface area contributed by atoms with Crippen molar-refractivity contribution >= 4 is 93.2 Å². The maximum absolute atomic E-state index is 2.45. The minimum atomic E-state index is -1.46. The standard InChI is InChI=1S/C54H53N3Si2/c1-38-14-19-43(20-15-38)55(45-24-29-49(30-25-45)58(3,4)5)47-23-18-40-35-52-51-33-28-48(37-54(51)57(42-12-10-9-11-13-42)53(52)36-41(40)34-47)56(44-21-16-39(2)17-22-44)46-26-31-50(32-27-46)59(6,7)8/h9-37H,1-8H3. The van der Waals surface area contributed by atoms with E-state index in [9.17, 15) is 0 Å². The van der Waals surface area contributed by atoms with Crippen LogP contribution in [0.15, 0.2) is 176 Å². The molecule has 0 spiro atoms. The highest BCUT2D eigenvalue weighted by atomic mass is 28.3. The van der Waals surface area contributed by atoms with Crippen LogP contribution in [0.3, 0.4) is 0 Å². The predicted octanol–water partition coefficient (Wildman–Crippen LogP) is 14.6. The normalized spacial score (nSPS) is 12.1. The molecule has 0 saturated carbocycles. The summed E-state index contributed by atoms with van der Waals surface area (Å²) in [5, 5.41) is 7.83. The topological polar surface area (TPSA) is 11.4 Å². The van der Waals surface area contributed by atoms with Crippen molar-refractivity contribution in [2.45, 2.75) is 53.1 Å². The Hall–Kier alpha value is -6.15. The van der Waals surface area contributed by atoms with Crippen molar-refractivity contribution in [1.29, 1.82) is 0 Å². The van der Waals surface area contributed by atoms with E-state index < -0.39 is 16.1 Å². The number of aromatic nitrogens is 1. The van der Waals surface area contributed by atoms with E-state index in [-0.39, 0.29) is 0 Å². The molecule has 8 aromatic carbocycles. The number of anilines is 6. The van der Waals surface area contributed by atoms with Gasteiger partial charge < -0.3 is 14.4 Å². The fourth-order valence-electron chi connectivity index (χ4n) is 8.37. The van der Waals surface area contributed by atoms with Crippen LogP contribution in [0.1, 0.15) is 11.1 Å². The zero-order valence-electron chi connectivity index (χ0n) is 35.6. The average Bonchev–Trinajstić information content (AvgIpc) is 3.54. The van der Waals surface area contributed by atoms with Crippen LogP contribution >= 0.6 is 0 Å². The van der Waals surface area contributed by atoms with Gasteiger partial charge in [-0.05, 0) is 122 Å². The first-order valence-electron chi connectivity index (χ1n) is 20.8. The minimum Gasteiger partial charge on any atom is -0.310 e. The molecule has 0 radical (unpaired) electrons. The van der Waals surface area contributed by atoms with Crippen LogP contribution in [-0.4, -0.2) is 20.7 Å². The van der Waals surface area contributed by atoms with Crippen LogP contribution < -0.4 is 20.2 Å². The van der Waals surface area contributed by atoms with Gasteiger partial charge in [0, 0.05) is 50.6 Å². The Morgan fingerprint density at radius 2 is 0.780 bits per heavy atom. The second-order valence-electron chi connectivity index (χ2n) is 18.2. The van der Waals surface area contributed by atoms with Crippen molar-refractivity contribution in [2.24, 2.45) is 0 Å². The van der Waals surface area contributed by atoms with E-state index in [1.54, 1.807) is 0 Å². The summed E-state index contributed by atoms with van der Waals surface area (Å²) >= 11 is 0. The van der Waals surface area contributed by atoms with Crippen LogP contribution in [0.4, 0.5) is 34.1 Å². The van der Waals surface area contributed by atoms with Crippen LogP contribution in [0.2, 0.25) is 39.3 Å². The maximum Gasteiger partial charge on any atom is 0.0775 e. The summed E-state index contributed by atoms with van der Waals surface area (Å²) in [6.45, 7) is 18.8. The molecule has 292 valence electrons. The molecule has 9 rings (SSSR count). The summed E-state index contributed by atoms with van der Waals surface area (Å²) < 4.78 is 2.45. The van der Waals surface area contributed by atoms with Gasteiger partial charge in [-0.1, -0.05) is 140 Å². The first-order valence-corrected chi connectivity index (χ1v) is 27.8. The highest BCUT2D eigenvalue weighted by Crippen LogP contribution is 2.42. The largest absolute Gasteiger partial charge is 0.310 e. The van der Waals surface area contributed by atoms with E-state index >= 15 is 0 Å². The number of hydrogen-bond donors (Lipinski definition) is 0. The molecule has 0 amide bonds. The molecule has 0 unspecified atom stereocenters. The molecule has 0 aliphatic carbocycles. The van der Waals surface area contributed by atoms with Crippen molar-refractivity contribution in [3.05, 3.63) is 187 Å². The molecule has 1 heterocycles. The van der Waals surface area contributed by atoms with Crippen LogP contribution in [0, 0.1) is 13.8 Å². The second kappa shape index (κ2) is 14.9. The Bertz CT molecular complexity index is 2940. The summed E-state index contributed by atoms with van der Waals surface area (Å²) in [5.74, 6) is 0. The van der Waals surface area contributed by atoms with Gasteiger partial charge in [-0.15, -0.1) is 0 Å². The van der Waals surface area contributed by atoms with E-state index in [4.69, 9.17) is 0 Å². The van der Waals surface area contributed by atoms with Crippen molar-refractivity contribution in [3.63, 3.8) is 0 Å². The third-order valence-electron chi connectivity index (χ3n) is 11.8. The average molecular weight is 800 g/mol. The number of aryl methyl sites for hydroxylation is 2. The Morgan fingerprint density at radius 1 is 0.356 bits per heavy atom. The molecule has 1 aromatic heterocycles. The molecule has 0 atom stereocenters. The molecule has 9 aromatic rings. The van der Waals surface area contributed by atoms with E-state index in [0.717, 1.165) is 39.8 Å². The molecule has 0 saturated heterocycles. The Morgan fingerprint density at radius 3 is 1.27 bits per heavy atom. The fraction of sp³-hybridized carbons (Fsp3) is 0.148. The molecule has 3 nitrogen and oxygen atoms in total. The Balaban J connectivity index is 1.23. The first kappa shape index (κ1) is 38.4. The number of nitrogens with zero attached hydrogens (tertiary/aromatic N) is 3. The van der Waals surface area contributed by atoms with Gasteiger partial charge in [-0.3, -0.25) is 0 Å². The third-order valence-corrected chi connectivity index (χ3v) is 15.9. The molecular weight excluding hydrogens is 747 g/mol. The lowest BCUT2D eigenvalue weighted by atomic mass is 10.0. The molecule has 0 fully saturated rings. The van der Waals surface area contributed by atoms with Gasteiger partial charge in [-0.25, -0.2) is 0 Å².